The summed E-state index contributed by atoms with van der Waals surface area (Å²) in [6, 6.07) is 9.08. The molecule has 2 N–H and O–H groups in total. The van der Waals surface area contributed by atoms with Crippen LogP contribution in [0.4, 0.5) is 4.79 Å². The molecule has 1 atom stereocenters. The Bertz CT molecular complexity index is 1220. The van der Waals surface area contributed by atoms with Crippen molar-refractivity contribution in [3.05, 3.63) is 57.8 Å². The number of amides is 2. The minimum atomic E-state index is -1.11. The first-order chi connectivity index (χ1) is 16.7. The maximum atomic E-state index is 13.6. The second-order valence-corrected chi connectivity index (χ2v) is 8.99. The van der Waals surface area contributed by atoms with Crippen LogP contribution in [0.15, 0.2) is 39.6 Å². The normalized spacial score (nSPS) is 12.1. The molecule has 0 spiro atoms. The van der Waals surface area contributed by atoms with Gasteiger partial charge in [0, 0.05) is 19.5 Å². The van der Waals surface area contributed by atoms with Crippen LogP contribution in [0.2, 0.25) is 0 Å². The maximum absolute atomic E-state index is 13.6. The van der Waals surface area contributed by atoms with E-state index in [2.05, 4.69) is 10.5 Å². The third kappa shape index (κ3) is 6.26. The maximum Gasteiger partial charge on any atom is 0.404 e. The summed E-state index contributed by atoms with van der Waals surface area (Å²) in [5.74, 6) is 0.489. The molecule has 188 valence electrons. The largest absolute Gasteiger partial charge is 0.465 e. The molecule has 35 heavy (non-hydrogen) atoms. The summed E-state index contributed by atoms with van der Waals surface area (Å²) in [4.78, 5) is 44.2. The molecule has 3 aromatic rings. The Kier molecular flexibility index (Phi) is 8.62. The minimum Gasteiger partial charge on any atom is -0.465 e. The van der Waals surface area contributed by atoms with E-state index in [0.717, 1.165) is 5.56 Å². The topological polar surface area (TPSA) is 131 Å². The molecule has 0 radical (unpaired) electrons. The fourth-order valence-corrected chi connectivity index (χ4v) is 4.16. The van der Waals surface area contributed by atoms with Crippen molar-refractivity contribution in [1.82, 2.24) is 24.9 Å². The molecule has 0 aliphatic heterocycles. The molecular weight excluding hydrogens is 450 g/mol. The fraction of sp³-hybridized carbons (Fsp3) is 0.480. The summed E-state index contributed by atoms with van der Waals surface area (Å²) in [7, 11) is 0. The average molecular weight is 484 g/mol. The summed E-state index contributed by atoms with van der Waals surface area (Å²) in [5, 5.41) is 15.5. The highest BCUT2D eigenvalue weighted by Gasteiger charge is 2.30. The van der Waals surface area contributed by atoms with Crippen LogP contribution in [0, 0.1) is 12.8 Å². The van der Waals surface area contributed by atoms with Gasteiger partial charge in [-0.05, 0) is 31.2 Å². The van der Waals surface area contributed by atoms with E-state index >= 15 is 0 Å². The lowest BCUT2D eigenvalue weighted by molar-refractivity contribution is -0.135. The summed E-state index contributed by atoms with van der Waals surface area (Å²) in [6.07, 6.45) is 0.159. The van der Waals surface area contributed by atoms with Crippen LogP contribution in [-0.4, -0.2) is 49.8 Å². The number of fused-ring (bicyclic) bond motifs is 1. The lowest BCUT2D eigenvalue weighted by Gasteiger charge is -2.32. The molecule has 2 aromatic heterocycles. The van der Waals surface area contributed by atoms with Crippen molar-refractivity contribution in [3.8, 4) is 0 Å². The molecular formula is C25H33N5O5. The summed E-state index contributed by atoms with van der Waals surface area (Å²) < 4.78 is 6.94. The highest BCUT2D eigenvalue weighted by Crippen LogP contribution is 2.26. The van der Waals surface area contributed by atoms with E-state index in [9.17, 15) is 14.4 Å². The molecule has 0 saturated heterocycles. The van der Waals surface area contributed by atoms with Gasteiger partial charge in [-0.25, -0.2) is 4.79 Å². The van der Waals surface area contributed by atoms with Gasteiger partial charge >= 0.3 is 6.09 Å². The van der Waals surface area contributed by atoms with E-state index in [0.29, 0.717) is 42.7 Å². The molecule has 10 heteroatoms. The summed E-state index contributed by atoms with van der Waals surface area (Å²) in [5.41, 5.74) is 1.27. The molecule has 0 aliphatic carbocycles. The van der Waals surface area contributed by atoms with Gasteiger partial charge in [-0.15, -0.1) is 0 Å². The van der Waals surface area contributed by atoms with E-state index in [1.807, 2.05) is 51.1 Å². The zero-order valence-electron chi connectivity index (χ0n) is 20.7. The Morgan fingerprint density at radius 2 is 1.94 bits per heavy atom. The van der Waals surface area contributed by atoms with E-state index in [-0.39, 0.29) is 36.2 Å². The van der Waals surface area contributed by atoms with Crippen molar-refractivity contribution < 1.29 is 19.2 Å². The Hall–Kier alpha value is -3.69. The van der Waals surface area contributed by atoms with Crippen LogP contribution in [0.25, 0.3) is 11.1 Å². The molecule has 1 unspecified atom stereocenters. The molecule has 0 bridgehead atoms. The number of hydrogen-bond acceptors (Lipinski definition) is 6. The van der Waals surface area contributed by atoms with E-state index in [4.69, 9.17) is 14.6 Å². The van der Waals surface area contributed by atoms with Crippen LogP contribution in [0.3, 0.4) is 0 Å². The Morgan fingerprint density at radius 1 is 1.23 bits per heavy atom. The number of aryl methyl sites for hydroxylation is 1. The third-order valence-corrected chi connectivity index (χ3v) is 5.80. The second kappa shape index (κ2) is 11.6. The molecule has 3 rings (SSSR count). The number of nitrogens with one attached hydrogen (secondary N) is 1. The monoisotopic (exact) mass is 483 g/mol. The highest BCUT2D eigenvalue weighted by molar-refractivity contribution is 5.77. The number of rotatable bonds is 11. The summed E-state index contributed by atoms with van der Waals surface area (Å²) >= 11 is 0. The quantitative estimate of drug-likeness (QED) is 0.397. The molecule has 0 fully saturated rings. The van der Waals surface area contributed by atoms with Gasteiger partial charge in [0.25, 0.3) is 11.3 Å². The Balaban J connectivity index is 2.09. The smallest absolute Gasteiger partial charge is 0.404 e. The number of carbonyl (C=O) groups excluding carboxylic acids is 1. The van der Waals surface area contributed by atoms with Gasteiger partial charge < -0.3 is 19.8 Å². The molecule has 2 heterocycles. The van der Waals surface area contributed by atoms with E-state index in [1.54, 1.807) is 16.4 Å². The van der Waals surface area contributed by atoms with Gasteiger partial charge in [0.1, 0.15) is 11.2 Å². The van der Waals surface area contributed by atoms with Gasteiger partial charge in [-0.3, -0.25) is 14.2 Å². The zero-order chi connectivity index (χ0) is 25.5. The number of carbonyl (C=O) groups is 2. The predicted octanol–water partition coefficient (Wildman–Crippen LogP) is 3.72. The van der Waals surface area contributed by atoms with Crippen LogP contribution in [0.5, 0.6) is 0 Å². The van der Waals surface area contributed by atoms with Crippen LogP contribution >= 0.6 is 0 Å². The number of benzene rings is 1. The van der Waals surface area contributed by atoms with Crippen LogP contribution in [0.1, 0.15) is 63.2 Å². The first-order valence-corrected chi connectivity index (χ1v) is 11.9. The van der Waals surface area contributed by atoms with Crippen molar-refractivity contribution in [2.24, 2.45) is 5.92 Å². The summed E-state index contributed by atoms with van der Waals surface area (Å²) in [6.45, 7) is 8.38. The number of aromatic nitrogens is 3. The van der Waals surface area contributed by atoms with Gasteiger partial charge in [0.05, 0.1) is 18.3 Å². The predicted molar refractivity (Wildman–Crippen MR) is 131 cm³/mol. The van der Waals surface area contributed by atoms with E-state index < -0.39 is 12.1 Å². The van der Waals surface area contributed by atoms with Gasteiger partial charge in [0.15, 0.2) is 0 Å². The van der Waals surface area contributed by atoms with Crippen molar-refractivity contribution in [1.29, 1.82) is 0 Å². The minimum absolute atomic E-state index is 0.0727. The SMILES string of the molecule is CCC(c1nc2onc(C)c2c(=O)n1Cc1ccccc1)N(CCCNC(=O)O)C(=O)CC(C)C. The number of hydrogen-bond donors (Lipinski definition) is 2. The van der Waals surface area contributed by atoms with Crippen LogP contribution in [-0.2, 0) is 11.3 Å². The lowest BCUT2D eigenvalue weighted by Crippen LogP contribution is -2.40. The number of nitrogens with zero attached hydrogens (tertiary/aromatic N) is 4. The molecule has 0 aliphatic rings. The molecule has 2 amide bonds. The Morgan fingerprint density at radius 3 is 2.57 bits per heavy atom. The van der Waals surface area contributed by atoms with Crippen molar-refractivity contribution in [2.45, 2.75) is 59.5 Å². The van der Waals surface area contributed by atoms with Crippen molar-refractivity contribution in [2.75, 3.05) is 13.1 Å². The molecule has 10 nitrogen and oxygen atoms in total. The first kappa shape index (κ1) is 25.9. The first-order valence-electron chi connectivity index (χ1n) is 11.9. The number of carboxylic acid groups (broad SMARTS) is 1. The second-order valence-electron chi connectivity index (χ2n) is 8.99. The zero-order valence-corrected chi connectivity index (χ0v) is 20.7. The lowest BCUT2D eigenvalue weighted by atomic mass is 10.1. The average Bonchev–Trinajstić information content (AvgIpc) is 3.18. The highest BCUT2D eigenvalue weighted by atomic mass is 16.5. The third-order valence-electron chi connectivity index (χ3n) is 5.80. The van der Waals surface area contributed by atoms with Crippen molar-refractivity contribution in [3.63, 3.8) is 0 Å². The van der Waals surface area contributed by atoms with Gasteiger partial charge in [-0.1, -0.05) is 56.3 Å². The fourth-order valence-electron chi connectivity index (χ4n) is 4.16. The van der Waals surface area contributed by atoms with Gasteiger partial charge in [0.2, 0.25) is 5.91 Å². The van der Waals surface area contributed by atoms with Gasteiger partial charge in [-0.2, -0.15) is 4.98 Å². The standard InChI is InChI=1S/C25H33N5O5/c1-5-19(29(20(31)14-16(2)3)13-9-12-26-25(33)34)22-27-23-21(17(4)28-35-23)24(32)30(22)15-18-10-7-6-8-11-18/h6-8,10-11,16,19,26H,5,9,12-15H2,1-4H3,(H,33,34). The van der Waals surface area contributed by atoms with E-state index in [1.165, 1.54) is 0 Å². The molecule has 0 saturated carbocycles. The molecule has 1 aromatic carbocycles. The van der Waals surface area contributed by atoms with Crippen LogP contribution < -0.4 is 10.9 Å². The van der Waals surface area contributed by atoms with Crippen molar-refractivity contribution >= 4 is 23.1 Å². The Labute approximate surface area is 203 Å².